The second-order valence-corrected chi connectivity index (χ2v) is 3.41. The molecule has 0 aromatic heterocycles. The fourth-order valence-electron chi connectivity index (χ4n) is 1.52. The molecule has 0 bridgehead atoms. The van der Waals surface area contributed by atoms with Crippen molar-refractivity contribution in [1.29, 1.82) is 0 Å². The lowest BCUT2D eigenvalue weighted by Crippen LogP contribution is -2.48. The van der Waals surface area contributed by atoms with E-state index in [2.05, 4.69) is 22.5 Å². The van der Waals surface area contributed by atoms with Crippen LogP contribution in [0.2, 0.25) is 0 Å². The predicted octanol–water partition coefficient (Wildman–Crippen LogP) is 0.206. The first-order valence-corrected chi connectivity index (χ1v) is 4.76. The maximum absolute atomic E-state index is 5.36. The summed E-state index contributed by atoms with van der Waals surface area (Å²) in [5.74, 6) is 1.41. The molecule has 1 aliphatic rings. The third-order valence-corrected chi connectivity index (χ3v) is 2.42. The molecule has 1 heterocycles. The molecule has 1 saturated heterocycles. The van der Waals surface area contributed by atoms with Crippen molar-refractivity contribution in [3.63, 3.8) is 0 Å². The summed E-state index contributed by atoms with van der Waals surface area (Å²) in [5.41, 5.74) is 0. The van der Waals surface area contributed by atoms with Gasteiger partial charge < -0.3 is 15.4 Å². The molecule has 2 N–H and O–H groups in total. The number of hydrogen-bond donors (Lipinski definition) is 2. The van der Waals surface area contributed by atoms with Gasteiger partial charge in [-0.2, -0.15) is 0 Å². The van der Waals surface area contributed by atoms with Crippen LogP contribution < -0.4 is 10.6 Å². The zero-order valence-corrected chi connectivity index (χ0v) is 8.63. The number of ether oxygens (including phenoxy) is 1. The van der Waals surface area contributed by atoms with Gasteiger partial charge in [0.2, 0.25) is 0 Å². The van der Waals surface area contributed by atoms with Crippen molar-refractivity contribution in [3.8, 4) is 0 Å². The molecule has 0 radical (unpaired) electrons. The fourth-order valence-corrected chi connectivity index (χ4v) is 1.52. The highest BCUT2D eigenvalue weighted by molar-refractivity contribution is 5.79. The van der Waals surface area contributed by atoms with Crippen LogP contribution in [0.15, 0.2) is 4.99 Å². The van der Waals surface area contributed by atoms with Gasteiger partial charge in [-0.15, -0.1) is 0 Å². The average molecular weight is 185 g/mol. The molecule has 2 unspecified atom stereocenters. The van der Waals surface area contributed by atoms with Crippen LogP contribution in [0.1, 0.15) is 13.3 Å². The second-order valence-electron chi connectivity index (χ2n) is 3.41. The van der Waals surface area contributed by atoms with E-state index in [0.29, 0.717) is 12.0 Å². The Bertz CT molecular complexity index is 182. The van der Waals surface area contributed by atoms with Crippen LogP contribution in [-0.2, 0) is 4.74 Å². The lowest BCUT2D eigenvalue weighted by Gasteiger charge is -2.30. The molecular formula is C9H19N3O. The number of nitrogens with one attached hydrogen (secondary N) is 2. The largest absolute Gasteiger partial charge is 0.381 e. The minimum Gasteiger partial charge on any atom is -0.381 e. The number of aliphatic imine (C=N–C) groups is 1. The minimum atomic E-state index is 0.486. The Morgan fingerprint density at radius 2 is 2.31 bits per heavy atom. The molecule has 4 heteroatoms. The first-order valence-electron chi connectivity index (χ1n) is 4.76. The molecule has 0 saturated carbocycles. The lowest BCUT2D eigenvalue weighted by molar-refractivity contribution is 0.0439. The molecular weight excluding hydrogens is 166 g/mol. The standard InChI is InChI=1S/C9H19N3O/c1-7-6-13-5-4-8(7)12-9(10-2)11-3/h7-8H,4-6H2,1-3H3,(H2,10,11,12). The van der Waals surface area contributed by atoms with Crippen LogP contribution in [0.3, 0.4) is 0 Å². The molecule has 2 atom stereocenters. The molecule has 4 nitrogen and oxygen atoms in total. The normalized spacial score (nSPS) is 29.9. The van der Waals surface area contributed by atoms with Crippen LogP contribution in [-0.4, -0.2) is 39.3 Å². The van der Waals surface area contributed by atoms with E-state index in [0.717, 1.165) is 25.6 Å². The van der Waals surface area contributed by atoms with Crippen molar-refractivity contribution in [2.24, 2.45) is 10.9 Å². The van der Waals surface area contributed by atoms with Gasteiger partial charge in [-0.25, -0.2) is 0 Å². The topological polar surface area (TPSA) is 45.7 Å². The number of hydrogen-bond acceptors (Lipinski definition) is 2. The third kappa shape index (κ3) is 2.88. The Morgan fingerprint density at radius 1 is 1.54 bits per heavy atom. The SMILES string of the molecule is CN=C(NC)NC1CCOCC1C. The van der Waals surface area contributed by atoms with E-state index in [4.69, 9.17) is 4.74 Å². The summed E-state index contributed by atoms with van der Waals surface area (Å²) in [7, 11) is 3.65. The molecule has 1 rings (SSSR count). The molecule has 1 fully saturated rings. The third-order valence-electron chi connectivity index (χ3n) is 2.42. The predicted molar refractivity (Wildman–Crippen MR) is 53.9 cm³/mol. The van der Waals surface area contributed by atoms with Gasteiger partial charge >= 0.3 is 0 Å². The number of rotatable bonds is 1. The minimum absolute atomic E-state index is 0.486. The van der Waals surface area contributed by atoms with Crippen LogP contribution in [0.4, 0.5) is 0 Å². The fraction of sp³-hybridized carbons (Fsp3) is 0.889. The van der Waals surface area contributed by atoms with Crippen LogP contribution in [0, 0.1) is 5.92 Å². The first-order chi connectivity index (χ1) is 6.27. The lowest BCUT2D eigenvalue weighted by atomic mass is 9.98. The monoisotopic (exact) mass is 185 g/mol. The molecule has 13 heavy (non-hydrogen) atoms. The van der Waals surface area contributed by atoms with Crippen molar-refractivity contribution in [1.82, 2.24) is 10.6 Å². The quantitative estimate of drug-likeness (QED) is 0.453. The highest BCUT2D eigenvalue weighted by atomic mass is 16.5. The zero-order chi connectivity index (χ0) is 9.68. The summed E-state index contributed by atoms with van der Waals surface area (Å²) in [5, 5.41) is 6.38. The van der Waals surface area contributed by atoms with Gasteiger partial charge in [0, 0.05) is 26.7 Å². The number of nitrogens with zero attached hydrogens (tertiary/aromatic N) is 1. The molecule has 0 spiro atoms. The smallest absolute Gasteiger partial charge is 0.190 e. The summed E-state index contributed by atoms with van der Waals surface area (Å²) in [6.07, 6.45) is 1.06. The maximum atomic E-state index is 5.36. The van der Waals surface area contributed by atoms with Crippen molar-refractivity contribution in [2.45, 2.75) is 19.4 Å². The Balaban J connectivity index is 2.41. The summed E-state index contributed by atoms with van der Waals surface area (Å²) >= 11 is 0. The highest BCUT2D eigenvalue weighted by Gasteiger charge is 2.22. The van der Waals surface area contributed by atoms with Crippen molar-refractivity contribution in [3.05, 3.63) is 0 Å². The Labute approximate surface area is 79.8 Å². The van der Waals surface area contributed by atoms with Crippen LogP contribution in [0.5, 0.6) is 0 Å². The molecule has 0 aromatic rings. The van der Waals surface area contributed by atoms with Crippen molar-refractivity contribution in [2.75, 3.05) is 27.3 Å². The maximum Gasteiger partial charge on any atom is 0.190 e. The second kappa shape index (κ2) is 5.07. The Hall–Kier alpha value is -0.770. The highest BCUT2D eigenvalue weighted by Crippen LogP contribution is 2.13. The zero-order valence-electron chi connectivity index (χ0n) is 8.63. The molecule has 1 aliphatic heterocycles. The van der Waals surface area contributed by atoms with Gasteiger partial charge in [0.25, 0.3) is 0 Å². The molecule has 0 amide bonds. The van der Waals surface area contributed by atoms with Crippen molar-refractivity contribution >= 4 is 5.96 Å². The van der Waals surface area contributed by atoms with Gasteiger partial charge in [0.05, 0.1) is 6.61 Å². The average Bonchev–Trinajstić information content (AvgIpc) is 2.17. The molecule has 0 aromatic carbocycles. The molecule has 0 aliphatic carbocycles. The Kier molecular flexibility index (Phi) is 4.02. The van der Waals surface area contributed by atoms with Gasteiger partial charge in [-0.3, -0.25) is 4.99 Å². The van der Waals surface area contributed by atoms with E-state index < -0.39 is 0 Å². The van der Waals surface area contributed by atoms with Gasteiger partial charge in [-0.05, 0) is 12.3 Å². The van der Waals surface area contributed by atoms with E-state index in [-0.39, 0.29) is 0 Å². The molecule has 76 valence electrons. The first kappa shape index (κ1) is 10.3. The van der Waals surface area contributed by atoms with E-state index in [1.54, 1.807) is 7.05 Å². The summed E-state index contributed by atoms with van der Waals surface area (Å²) in [6.45, 7) is 3.89. The summed E-state index contributed by atoms with van der Waals surface area (Å²) in [4.78, 5) is 4.09. The van der Waals surface area contributed by atoms with E-state index in [1.807, 2.05) is 7.05 Å². The Morgan fingerprint density at radius 3 is 2.85 bits per heavy atom. The van der Waals surface area contributed by atoms with Crippen LogP contribution in [0.25, 0.3) is 0 Å². The van der Waals surface area contributed by atoms with Gasteiger partial charge in [0.1, 0.15) is 0 Å². The van der Waals surface area contributed by atoms with E-state index in [9.17, 15) is 0 Å². The van der Waals surface area contributed by atoms with E-state index >= 15 is 0 Å². The van der Waals surface area contributed by atoms with Gasteiger partial charge in [-0.1, -0.05) is 6.92 Å². The van der Waals surface area contributed by atoms with Crippen molar-refractivity contribution < 1.29 is 4.74 Å². The van der Waals surface area contributed by atoms with Crippen LogP contribution >= 0.6 is 0 Å². The summed E-state index contributed by atoms with van der Waals surface area (Å²) < 4.78 is 5.36. The number of guanidine groups is 1. The summed E-state index contributed by atoms with van der Waals surface area (Å²) in [6, 6.07) is 0.486. The van der Waals surface area contributed by atoms with E-state index in [1.165, 1.54) is 0 Å². The van der Waals surface area contributed by atoms with Gasteiger partial charge in [0.15, 0.2) is 5.96 Å².